The first kappa shape index (κ1) is 22.6. The summed E-state index contributed by atoms with van der Waals surface area (Å²) in [6.45, 7) is 4.10. The van der Waals surface area contributed by atoms with E-state index in [2.05, 4.69) is 38.1 Å². The van der Waals surface area contributed by atoms with E-state index in [4.69, 9.17) is 14.2 Å². The van der Waals surface area contributed by atoms with Gasteiger partial charge in [0.2, 0.25) is 0 Å². The van der Waals surface area contributed by atoms with Crippen LogP contribution in [0, 0.1) is 0 Å². The molecule has 0 amide bonds. The average molecular weight is 439 g/mol. The highest BCUT2D eigenvalue weighted by Gasteiger charge is 2.30. The van der Waals surface area contributed by atoms with Gasteiger partial charge in [0, 0.05) is 0 Å². The van der Waals surface area contributed by atoms with Crippen molar-refractivity contribution in [3.05, 3.63) is 132 Å². The smallest absolute Gasteiger partial charge is 0.126 e. The third kappa shape index (κ3) is 6.24. The Hall–Kier alpha value is -3.56. The van der Waals surface area contributed by atoms with Crippen LogP contribution in [0.15, 0.2) is 121 Å². The minimum atomic E-state index is -0.293. The number of rotatable bonds is 10. The van der Waals surface area contributed by atoms with Gasteiger partial charge in [0.15, 0.2) is 0 Å². The van der Waals surface area contributed by atoms with E-state index in [1.165, 1.54) is 0 Å². The van der Waals surface area contributed by atoms with E-state index in [-0.39, 0.29) is 24.4 Å². The minimum Gasteiger partial charge on any atom is -0.488 e. The van der Waals surface area contributed by atoms with E-state index < -0.39 is 0 Å². The molecule has 0 heterocycles. The van der Waals surface area contributed by atoms with Crippen LogP contribution in [0.3, 0.4) is 0 Å². The van der Waals surface area contributed by atoms with E-state index in [0.717, 1.165) is 22.6 Å². The highest BCUT2D eigenvalue weighted by Crippen LogP contribution is 2.34. The summed E-state index contributed by atoms with van der Waals surface area (Å²) in [4.78, 5) is 0. The molecule has 33 heavy (non-hydrogen) atoms. The van der Waals surface area contributed by atoms with Crippen molar-refractivity contribution >= 4 is 0 Å². The highest BCUT2D eigenvalue weighted by atomic mass is 16.6. The van der Waals surface area contributed by atoms with Crippen molar-refractivity contribution in [1.29, 1.82) is 0 Å². The van der Waals surface area contributed by atoms with E-state index in [9.17, 15) is 0 Å². The van der Waals surface area contributed by atoms with Crippen LogP contribution in [0.2, 0.25) is 0 Å². The van der Waals surface area contributed by atoms with Gasteiger partial charge in [-0.05, 0) is 49.2 Å². The van der Waals surface area contributed by atoms with Gasteiger partial charge < -0.3 is 14.2 Å². The second-order valence-corrected chi connectivity index (χ2v) is 8.07. The van der Waals surface area contributed by atoms with Crippen molar-refractivity contribution in [2.75, 3.05) is 0 Å². The molecule has 4 atom stereocenters. The number of hydrogen-bond acceptors (Lipinski definition) is 3. The molecule has 0 aromatic heterocycles. The Morgan fingerprint density at radius 3 is 1.06 bits per heavy atom. The maximum atomic E-state index is 6.84. The summed E-state index contributed by atoms with van der Waals surface area (Å²) in [7, 11) is 0. The second-order valence-electron chi connectivity index (χ2n) is 8.07. The van der Waals surface area contributed by atoms with Gasteiger partial charge in [-0.2, -0.15) is 0 Å². The van der Waals surface area contributed by atoms with Crippen molar-refractivity contribution in [3.63, 3.8) is 0 Å². The maximum absolute atomic E-state index is 6.84. The third-order valence-electron chi connectivity index (χ3n) is 5.53. The van der Waals surface area contributed by atoms with E-state index in [1.807, 2.05) is 97.1 Å². The van der Waals surface area contributed by atoms with E-state index >= 15 is 0 Å². The molecule has 168 valence electrons. The summed E-state index contributed by atoms with van der Waals surface area (Å²) < 4.78 is 19.4. The molecular formula is C30H30O3. The van der Waals surface area contributed by atoms with Crippen molar-refractivity contribution in [2.45, 2.75) is 38.3 Å². The number of ether oxygens (including phenoxy) is 3. The summed E-state index contributed by atoms with van der Waals surface area (Å²) in [6, 6.07) is 40.2. The number of hydrogen-bond donors (Lipinski definition) is 0. The summed E-state index contributed by atoms with van der Waals surface area (Å²) in [6.07, 6.45) is -1.02. The van der Waals surface area contributed by atoms with Gasteiger partial charge in [-0.1, -0.05) is 97.1 Å². The first-order valence-corrected chi connectivity index (χ1v) is 11.4. The molecule has 4 aromatic rings. The predicted octanol–water partition coefficient (Wildman–Crippen LogP) is 7.42. The lowest BCUT2D eigenvalue weighted by Gasteiger charge is -2.33. The molecule has 0 fully saturated rings. The summed E-state index contributed by atoms with van der Waals surface area (Å²) in [5.41, 5.74) is 2.13. The Balaban J connectivity index is 1.63. The Morgan fingerprint density at radius 2 is 0.727 bits per heavy atom. The van der Waals surface area contributed by atoms with Gasteiger partial charge in [-0.3, -0.25) is 0 Å². The lowest BCUT2D eigenvalue weighted by molar-refractivity contribution is -0.102. The second kappa shape index (κ2) is 11.3. The Labute approximate surface area is 196 Å². The largest absolute Gasteiger partial charge is 0.488 e. The standard InChI is InChI=1S/C30H30O3/c1-23(31-27-19-11-5-12-20-27)29(25-15-7-3-8-16-25)33-30(26-17-9-4-10-18-26)24(2)32-28-21-13-6-14-22-28/h3-24,29-30H,1-2H3. The monoisotopic (exact) mass is 438 g/mol. The zero-order chi connectivity index (χ0) is 22.9. The molecule has 3 heteroatoms. The molecule has 3 nitrogen and oxygen atoms in total. The average Bonchev–Trinajstić information content (AvgIpc) is 2.87. The van der Waals surface area contributed by atoms with Crippen LogP contribution in [0.5, 0.6) is 11.5 Å². The fourth-order valence-electron chi connectivity index (χ4n) is 3.91. The van der Waals surface area contributed by atoms with E-state index in [0.29, 0.717) is 0 Å². The molecule has 0 aliphatic carbocycles. The molecule has 0 saturated heterocycles. The molecule has 0 radical (unpaired) electrons. The molecule has 0 spiro atoms. The Morgan fingerprint density at radius 1 is 0.424 bits per heavy atom. The molecule has 0 bridgehead atoms. The van der Waals surface area contributed by atoms with Crippen molar-refractivity contribution in [1.82, 2.24) is 0 Å². The normalized spacial score (nSPS) is 14.6. The molecule has 0 saturated carbocycles. The highest BCUT2D eigenvalue weighted by molar-refractivity contribution is 5.26. The van der Waals surface area contributed by atoms with Gasteiger partial charge >= 0.3 is 0 Å². The third-order valence-corrected chi connectivity index (χ3v) is 5.53. The number of para-hydroxylation sites is 2. The first-order valence-electron chi connectivity index (χ1n) is 11.4. The first-order chi connectivity index (χ1) is 16.2. The summed E-state index contributed by atoms with van der Waals surface area (Å²) >= 11 is 0. The molecule has 0 aliphatic rings. The quantitative estimate of drug-likeness (QED) is 0.258. The fraction of sp³-hybridized carbons (Fsp3) is 0.200. The van der Waals surface area contributed by atoms with Gasteiger partial charge in [0.1, 0.15) is 35.9 Å². The fourth-order valence-corrected chi connectivity index (χ4v) is 3.91. The van der Waals surface area contributed by atoms with Crippen LogP contribution in [-0.2, 0) is 4.74 Å². The van der Waals surface area contributed by atoms with Crippen molar-refractivity contribution < 1.29 is 14.2 Å². The predicted molar refractivity (Wildman–Crippen MR) is 133 cm³/mol. The maximum Gasteiger partial charge on any atom is 0.126 e. The van der Waals surface area contributed by atoms with Crippen LogP contribution in [0.1, 0.15) is 37.2 Å². The van der Waals surface area contributed by atoms with Crippen LogP contribution in [-0.4, -0.2) is 12.2 Å². The lowest BCUT2D eigenvalue weighted by atomic mass is 10.0. The van der Waals surface area contributed by atoms with E-state index in [1.54, 1.807) is 0 Å². The zero-order valence-corrected chi connectivity index (χ0v) is 19.1. The van der Waals surface area contributed by atoms with Crippen LogP contribution >= 0.6 is 0 Å². The van der Waals surface area contributed by atoms with Crippen molar-refractivity contribution in [2.24, 2.45) is 0 Å². The molecule has 4 unspecified atom stereocenters. The topological polar surface area (TPSA) is 27.7 Å². The molecule has 4 aromatic carbocycles. The van der Waals surface area contributed by atoms with Crippen LogP contribution in [0.4, 0.5) is 0 Å². The SMILES string of the molecule is CC(Oc1ccccc1)C(OC(c1ccccc1)C(C)Oc1ccccc1)c1ccccc1. The summed E-state index contributed by atoms with van der Waals surface area (Å²) in [5.74, 6) is 1.64. The minimum absolute atomic E-state index is 0.218. The van der Waals surface area contributed by atoms with Gasteiger partial charge in [0.25, 0.3) is 0 Å². The van der Waals surface area contributed by atoms with Crippen molar-refractivity contribution in [3.8, 4) is 11.5 Å². The molecular weight excluding hydrogens is 408 g/mol. The number of benzene rings is 4. The van der Waals surface area contributed by atoms with Gasteiger partial charge in [0.05, 0.1) is 0 Å². The molecule has 0 N–H and O–H groups in total. The Kier molecular flexibility index (Phi) is 7.78. The van der Waals surface area contributed by atoms with Gasteiger partial charge in [-0.15, -0.1) is 0 Å². The van der Waals surface area contributed by atoms with Crippen LogP contribution < -0.4 is 9.47 Å². The zero-order valence-electron chi connectivity index (χ0n) is 19.1. The lowest BCUT2D eigenvalue weighted by Crippen LogP contribution is -2.31. The molecule has 4 rings (SSSR count). The van der Waals surface area contributed by atoms with Gasteiger partial charge in [-0.25, -0.2) is 0 Å². The molecule has 0 aliphatic heterocycles. The van der Waals surface area contributed by atoms with Crippen LogP contribution in [0.25, 0.3) is 0 Å². The Bertz CT molecular complexity index is 980. The summed E-state index contributed by atoms with van der Waals surface area (Å²) in [5, 5.41) is 0.